The molecule has 1 atom stereocenters. The molecule has 2 amide bonds. The van der Waals surface area contributed by atoms with Crippen LogP contribution in [0.25, 0.3) is 0 Å². The Morgan fingerprint density at radius 1 is 1.30 bits per heavy atom. The molecule has 1 unspecified atom stereocenters. The Kier molecular flexibility index (Phi) is 7.07. The van der Waals surface area contributed by atoms with E-state index in [1.165, 1.54) is 0 Å². The summed E-state index contributed by atoms with van der Waals surface area (Å²) >= 11 is 5.36. The quantitative estimate of drug-likeness (QED) is 0.503. The van der Waals surface area contributed by atoms with Crippen LogP contribution in [-0.2, 0) is 14.3 Å². The molecule has 0 spiro atoms. The van der Waals surface area contributed by atoms with E-state index in [-0.39, 0.29) is 24.4 Å². The monoisotopic (exact) mass is 345 g/mol. The smallest absolute Gasteiger partial charge is 0.259 e. The number of amides is 2. The first-order chi connectivity index (χ1) is 11.1. The molecule has 0 aromatic rings. The maximum absolute atomic E-state index is 11.9. The van der Waals surface area contributed by atoms with Crippen molar-refractivity contribution < 1.29 is 14.3 Å². The number of hydrazone groups is 1. The van der Waals surface area contributed by atoms with Gasteiger partial charge in [0.2, 0.25) is 0 Å². The fourth-order valence-electron chi connectivity index (χ4n) is 2.66. The van der Waals surface area contributed by atoms with Crippen LogP contribution in [-0.4, -0.2) is 78.7 Å². The molecule has 9 heteroatoms. The minimum atomic E-state index is -0.441. The van der Waals surface area contributed by atoms with Crippen molar-refractivity contribution in [2.24, 2.45) is 5.10 Å². The van der Waals surface area contributed by atoms with E-state index in [9.17, 15) is 9.59 Å². The van der Waals surface area contributed by atoms with Crippen molar-refractivity contribution in [1.29, 1.82) is 0 Å². The molecule has 0 aromatic heterocycles. The Balaban J connectivity index is 1.85. The highest BCUT2D eigenvalue weighted by Crippen LogP contribution is 2.18. The second-order valence-electron chi connectivity index (χ2n) is 5.62. The van der Waals surface area contributed by atoms with Crippen LogP contribution in [0.1, 0.15) is 19.8 Å². The summed E-state index contributed by atoms with van der Waals surface area (Å²) < 4.78 is 5.36. The Morgan fingerprint density at radius 3 is 2.65 bits per heavy atom. The van der Waals surface area contributed by atoms with E-state index in [1.54, 1.807) is 0 Å². The summed E-state index contributed by atoms with van der Waals surface area (Å²) in [6, 6.07) is 0.178. The Labute approximate surface area is 141 Å². The van der Waals surface area contributed by atoms with E-state index >= 15 is 0 Å². The summed E-state index contributed by atoms with van der Waals surface area (Å²) in [6.07, 6.45) is 1.75. The Hall–Kier alpha value is -1.38. The van der Waals surface area contributed by atoms with Gasteiger partial charge in [-0.15, -0.1) is 11.6 Å². The van der Waals surface area contributed by atoms with E-state index < -0.39 is 5.91 Å². The van der Waals surface area contributed by atoms with Crippen molar-refractivity contribution in [3.05, 3.63) is 0 Å². The number of hydrogen-bond donors (Lipinski definition) is 2. The van der Waals surface area contributed by atoms with Crippen molar-refractivity contribution in [3.8, 4) is 0 Å². The predicted octanol–water partition coefficient (Wildman–Crippen LogP) is -0.455. The highest BCUT2D eigenvalue weighted by Gasteiger charge is 2.29. The molecule has 0 radical (unpaired) electrons. The molecule has 0 aromatic carbocycles. The zero-order chi connectivity index (χ0) is 16.7. The van der Waals surface area contributed by atoms with Gasteiger partial charge in [-0.3, -0.25) is 30.3 Å². The number of halogens is 1. The zero-order valence-corrected chi connectivity index (χ0v) is 14.1. The standard InChI is InChI=1S/C14H24ClN5O3/c1-2-11-7-12(9-19-3-5-23-6-4-19)20(18-11)10-14(22)17-16-13(21)8-15/h12H,2-10H2,1H3,(H,16,21)(H,17,22). The average Bonchev–Trinajstić information content (AvgIpc) is 2.95. The molecule has 2 aliphatic heterocycles. The lowest BCUT2D eigenvalue weighted by molar-refractivity contribution is -0.128. The summed E-state index contributed by atoms with van der Waals surface area (Å²) in [5.41, 5.74) is 5.70. The van der Waals surface area contributed by atoms with Gasteiger partial charge in [-0.25, -0.2) is 0 Å². The van der Waals surface area contributed by atoms with Gasteiger partial charge in [0.1, 0.15) is 12.4 Å². The summed E-state index contributed by atoms with van der Waals surface area (Å²) in [7, 11) is 0. The van der Waals surface area contributed by atoms with Crippen LogP contribution in [0.3, 0.4) is 0 Å². The van der Waals surface area contributed by atoms with Gasteiger partial charge in [0.25, 0.3) is 11.8 Å². The topological polar surface area (TPSA) is 86.3 Å². The van der Waals surface area contributed by atoms with Crippen LogP contribution >= 0.6 is 11.6 Å². The maximum atomic E-state index is 11.9. The van der Waals surface area contributed by atoms with Gasteiger partial charge in [0, 0.05) is 31.8 Å². The molecule has 2 heterocycles. The molecule has 130 valence electrons. The fourth-order valence-corrected chi connectivity index (χ4v) is 2.73. The molecule has 0 saturated carbocycles. The van der Waals surface area contributed by atoms with Gasteiger partial charge < -0.3 is 4.74 Å². The first-order valence-corrected chi connectivity index (χ1v) is 8.42. The number of alkyl halides is 1. The Bertz CT molecular complexity index is 454. The van der Waals surface area contributed by atoms with Crippen LogP contribution in [0.2, 0.25) is 0 Å². The van der Waals surface area contributed by atoms with Gasteiger partial charge in [0.05, 0.1) is 19.3 Å². The number of carbonyl (C=O) groups excluding carboxylic acids is 2. The molecular weight excluding hydrogens is 322 g/mol. The van der Waals surface area contributed by atoms with E-state index in [0.29, 0.717) is 0 Å². The highest BCUT2D eigenvalue weighted by atomic mass is 35.5. The minimum absolute atomic E-state index is 0.112. The van der Waals surface area contributed by atoms with Crippen LogP contribution in [0.5, 0.6) is 0 Å². The molecule has 1 fully saturated rings. The lowest BCUT2D eigenvalue weighted by Crippen LogP contribution is -2.49. The summed E-state index contributed by atoms with van der Waals surface area (Å²) in [4.78, 5) is 25.3. The molecule has 0 aliphatic carbocycles. The number of carbonyl (C=O) groups is 2. The van der Waals surface area contributed by atoms with Crippen LogP contribution in [0.15, 0.2) is 5.10 Å². The molecule has 23 heavy (non-hydrogen) atoms. The molecule has 8 nitrogen and oxygen atoms in total. The zero-order valence-electron chi connectivity index (χ0n) is 13.4. The normalized spacial score (nSPS) is 21.9. The first kappa shape index (κ1) is 18.0. The van der Waals surface area contributed by atoms with E-state index in [1.807, 2.05) is 5.01 Å². The number of rotatable bonds is 6. The summed E-state index contributed by atoms with van der Waals surface area (Å²) in [5.74, 6) is -0.942. The van der Waals surface area contributed by atoms with Crippen LogP contribution < -0.4 is 10.9 Å². The molecular formula is C14H24ClN5O3. The van der Waals surface area contributed by atoms with Crippen molar-refractivity contribution in [2.45, 2.75) is 25.8 Å². The van der Waals surface area contributed by atoms with Crippen LogP contribution in [0.4, 0.5) is 0 Å². The third kappa shape index (κ3) is 5.63. The lowest BCUT2D eigenvalue weighted by atomic mass is 10.1. The maximum Gasteiger partial charge on any atom is 0.259 e. The number of hydrogen-bond acceptors (Lipinski definition) is 6. The second-order valence-corrected chi connectivity index (χ2v) is 5.89. The molecule has 2 aliphatic rings. The SMILES string of the molecule is CCC1=NN(CC(=O)NNC(=O)CCl)C(CN2CCOCC2)C1. The van der Waals surface area contributed by atoms with E-state index in [0.717, 1.165) is 51.4 Å². The Morgan fingerprint density at radius 2 is 2.00 bits per heavy atom. The van der Waals surface area contributed by atoms with Crippen molar-refractivity contribution in [1.82, 2.24) is 20.8 Å². The van der Waals surface area contributed by atoms with Gasteiger partial charge in [-0.1, -0.05) is 6.92 Å². The lowest BCUT2D eigenvalue weighted by Gasteiger charge is -2.32. The molecule has 2 N–H and O–H groups in total. The van der Waals surface area contributed by atoms with Crippen molar-refractivity contribution >= 4 is 29.1 Å². The molecule has 2 rings (SSSR count). The van der Waals surface area contributed by atoms with Gasteiger partial charge in [0.15, 0.2) is 0 Å². The summed E-state index contributed by atoms with van der Waals surface area (Å²) in [5, 5.41) is 6.35. The fraction of sp³-hybridized carbons (Fsp3) is 0.786. The molecule has 0 bridgehead atoms. The van der Waals surface area contributed by atoms with Crippen molar-refractivity contribution in [2.75, 3.05) is 45.3 Å². The van der Waals surface area contributed by atoms with E-state index in [4.69, 9.17) is 16.3 Å². The average molecular weight is 346 g/mol. The van der Waals surface area contributed by atoms with E-state index in [2.05, 4.69) is 27.8 Å². The third-order valence-electron chi connectivity index (χ3n) is 3.91. The predicted molar refractivity (Wildman–Crippen MR) is 87.1 cm³/mol. The van der Waals surface area contributed by atoms with Gasteiger partial charge in [-0.2, -0.15) is 5.10 Å². The van der Waals surface area contributed by atoms with Gasteiger partial charge >= 0.3 is 0 Å². The summed E-state index contributed by atoms with van der Waals surface area (Å²) in [6.45, 7) is 6.35. The first-order valence-electron chi connectivity index (χ1n) is 7.89. The van der Waals surface area contributed by atoms with Gasteiger partial charge in [-0.05, 0) is 6.42 Å². The largest absolute Gasteiger partial charge is 0.379 e. The van der Waals surface area contributed by atoms with Crippen molar-refractivity contribution in [3.63, 3.8) is 0 Å². The number of hydrazine groups is 1. The highest BCUT2D eigenvalue weighted by molar-refractivity contribution is 6.27. The number of nitrogens with one attached hydrogen (secondary N) is 2. The van der Waals surface area contributed by atoms with Crippen LogP contribution in [0, 0.1) is 0 Å². The number of ether oxygens (including phenoxy) is 1. The molecule has 1 saturated heterocycles. The minimum Gasteiger partial charge on any atom is -0.379 e. The third-order valence-corrected chi connectivity index (χ3v) is 4.15. The second kappa shape index (κ2) is 9.05. The number of nitrogens with zero attached hydrogens (tertiary/aromatic N) is 3. The number of morpholine rings is 1.